The van der Waals surface area contributed by atoms with Gasteiger partial charge in [0.25, 0.3) is 0 Å². The smallest absolute Gasteiger partial charge is 0.331 e. The molecule has 0 saturated carbocycles. The van der Waals surface area contributed by atoms with E-state index in [9.17, 15) is 14.4 Å². The number of benzene rings is 1. The van der Waals surface area contributed by atoms with Crippen LogP contribution >= 0.6 is 0 Å². The monoisotopic (exact) mass is 390 g/mol. The zero-order chi connectivity index (χ0) is 21.9. The van der Waals surface area contributed by atoms with Gasteiger partial charge in [0.1, 0.15) is 0 Å². The van der Waals surface area contributed by atoms with Crippen LogP contribution in [0.25, 0.3) is 6.08 Å². The Bertz CT molecular complexity index is 606. The van der Waals surface area contributed by atoms with E-state index < -0.39 is 11.9 Å². The van der Waals surface area contributed by atoms with E-state index in [-0.39, 0.29) is 18.2 Å². The Morgan fingerprint density at radius 3 is 1.50 bits per heavy atom. The molecule has 0 aliphatic carbocycles. The van der Waals surface area contributed by atoms with Crippen LogP contribution in [0.3, 0.4) is 0 Å². The van der Waals surface area contributed by atoms with Gasteiger partial charge in [-0.15, -0.1) is 0 Å². The van der Waals surface area contributed by atoms with Crippen molar-refractivity contribution in [2.45, 2.75) is 46.8 Å². The van der Waals surface area contributed by atoms with Crippen LogP contribution in [0, 0.1) is 0 Å². The van der Waals surface area contributed by atoms with Gasteiger partial charge in [0.2, 0.25) is 0 Å². The van der Waals surface area contributed by atoms with E-state index in [0.29, 0.717) is 0 Å². The third kappa shape index (κ3) is 20.9. The molecule has 0 radical (unpaired) electrons. The SMILES string of the molecule is C=COC(C)=O.C=Cc1ccccc1.CC(C)OC(=O)/C=C/C(=O)OC(C)C. The summed E-state index contributed by atoms with van der Waals surface area (Å²) in [5, 5.41) is 0. The van der Waals surface area contributed by atoms with Crippen LogP contribution in [0.2, 0.25) is 0 Å². The molecule has 0 aliphatic rings. The molecule has 0 heterocycles. The second kappa shape index (κ2) is 17.3. The number of carbonyl (C=O) groups excluding carboxylic acids is 3. The third-order valence-corrected chi connectivity index (χ3v) is 2.34. The molecule has 0 N–H and O–H groups in total. The average Bonchev–Trinajstić information content (AvgIpc) is 2.60. The van der Waals surface area contributed by atoms with E-state index in [0.717, 1.165) is 18.4 Å². The molecule has 0 aliphatic heterocycles. The summed E-state index contributed by atoms with van der Waals surface area (Å²) >= 11 is 0. The fourth-order valence-electron chi connectivity index (χ4n) is 1.39. The van der Waals surface area contributed by atoms with Crippen LogP contribution in [-0.2, 0) is 28.6 Å². The standard InChI is InChI=1S/C10H16O4.C8H8.C4H6O2/c1-7(2)13-9(11)5-6-10(12)14-8(3)4;1-2-8-6-4-3-5-7-8;1-3-6-4(2)5/h5-8H,1-4H3;2-7H,1H2;3H,1H2,2H3/b6-5+;;. The van der Waals surface area contributed by atoms with Gasteiger partial charge < -0.3 is 14.2 Å². The molecule has 0 atom stereocenters. The van der Waals surface area contributed by atoms with Crippen LogP contribution in [0.4, 0.5) is 0 Å². The largest absolute Gasteiger partial charge is 0.460 e. The minimum atomic E-state index is -0.541. The maximum Gasteiger partial charge on any atom is 0.331 e. The highest BCUT2D eigenvalue weighted by molar-refractivity contribution is 5.91. The van der Waals surface area contributed by atoms with Crippen molar-refractivity contribution < 1.29 is 28.6 Å². The molecule has 0 fully saturated rings. The summed E-state index contributed by atoms with van der Waals surface area (Å²) in [4.78, 5) is 31.6. The van der Waals surface area contributed by atoms with Crippen molar-refractivity contribution in [1.82, 2.24) is 0 Å². The lowest BCUT2D eigenvalue weighted by Gasteiger charge is -2.05. The Hall–Kier alpha value is -3.15. The van der Waals surface area contributed by atoms with Gasteiger partial charge >= 0.3 is 17.9 Å². The minimum absolute atomic E-state index is 0.187. The summed E-state index contributed by atoms with van der Waals surface area (Å²) in [5.41, 5.74) is 1.17. The lowest BCUT2D eigenvalue weighted by molar-refractivity contribution is -0.144. The Labute approximate surface area is 167 Å². The molecular weight excluding hydrogens is 360 g/mol. The predicted molar refractivity (Wildman–Crippen MR) is 110 cm³/mol. The second-order valence-corrected chi connectivity index (χ2v) is 5.70. The zero-order valence-corrected chi connectivity index (χ0v) is 17.2. The van der Waals surface area contributed by atoms with E-state index >= 15 is 0 Å². The van der Waals surface area contributed by atoms with Crippen molar-refractivity contribution in [3.05, 3.63) is 67.5 Å². The Kier molecular flexibility index (Phi) is 16.7. The van der Waals surface area contributed by atoms with Gasteiger partial charge in [-0.1, -0.05) is 49.6 Å². The van der Waals surface area contributed by atoms with Crippen molar-refractivity contribution in [2.75, 3.05) is 0 Å². The molecule has 6 nitrogen and oxygen atoms in total. The number of ether oxygens (including phenoxy) is 3. The molecule has 1 rings (SSSR count). The van der Waals surface area contributed by atoms with Crippen molar-refractivity contribution >= 4 is 24.0 Å². The molecule has 0 amide bonds. The normalized spacial score (nSPS) is 9.39. The van der Waals surface area contributed by atoms with Crippen LogP contribution in [0.15, 0.2) is 61.9 Å². The summed E-state index contributed by atoms with van der Waals surface area (Å²) < 4.78 is 13.7. The molecular formula is C22H30O6. The van der Waals surface area contributed by atoms with E-state index in [1.165, 1.54) is 12.5 Å². The van der Waals surface area contributed by atoms with Gasteiger partial charge in [-0.05, 0) is 33.3 Å². The maximum atomic E-state index is 10.9. The number of esters is 3. The first kappa shape index (κ1) is 27.1. The van der Waals surface area contributed by atoms with Gasteiger partial charge in [0, 0.05) is 19.1 Å². The van der Waals surface area contributed by atoms with E-state index in [1.807, 2.05) is 36.4 Å². The van der Waals surface area contributed by atoms with E-state index in [2.05, 4.69) is 17.9 Å². The number of carbonyl (C=O) groups is 3. The van der Waals surface area contributed by atoms with Gasteiger partial charge in [0.15, 0.2) is 0 Å². The first-order valence-electron chi connectivity index (χ1n) is 8.67. The van der Waals surface area contributed by atoms with Crippen molar-refractivity contribution in [3.63, 3.8) is 0 Å². The van der Waals surface area contributed by atoms with Gasteiger partial charge in [-0.25, -0.2) is 9.59 Å². The first-order valence-corrected chi connectivity index (χ1v) is 8.67. The van der Waals surface area contributed by atoms with Crippen LogP contribution in [0.1, 0.15) is 40.2 Å². The topological polar surface area (TPSA) is 78.9 Å². The maximum absolute atomic E-state index is 10.9. The molecule has 0 spiro atoms. The van der Waals surface area contributed by atoms with E-state index in [4.69, 9.17) is 9.47 Å². The summed E-state index contributed by atoms with van der Waals surface area (Å²) in [7, 11) is 0. The van der Waals surface area contributed by atoms with Crippen molar-refractivity contribution in [1.29, 1.82) is 0 Å². The fourth-order valence-corrected chi connectivity index (χ4v) is 1.39. The summed E-state index contributed by atoms with van der Waals surface area (Å²) in [6.45, 7) is 15.0. The first-order chi connectivity index (χ1) is 13.1. The van der Waals surface area contributed by atoms with Gasteiger partial charge in [-0.3, -0.25) is 4.79 Å². The fraction of sp³-hybridized carbons (Fsp3) is 0.318. The number of rotatable bonds is 6. The number of hydrogen-bond donors (Lipinski definition) is 0. The average molecular weight is 390 g/mol. The Morgan fingerprint density at radius 2 is 1.29 bits per heavy atom. The lowest BCUT2D eigenvalue weighted by atomic mass is 10.2. The quantitative estimate of drug-likeness (QED) is 0.309. The summed E-state index contributed by atoms with van der Waals surface area (Å²) in [5.74, 6) is -1.41. The molecule has 0 unspecified atom stereocenters. The van der Waals surface area contributed by atoms with Crippen molar-refractivity contribution in [2.24, 2.45) is 0 Å². The van der Waals surface area contributed by atoms with Crippen LogP contribution in [0.5, 0.6) is 0 Å². The Balaban J connectivity index is 0. The lowest BCUT2D eigenvalue weighted by Crippen LogP contribution is -2.11. The molecule has 154 valence electrons. The predicted octanol–water partition coefficient (Wildman–Crippen LogP) is 4.47. The van der Waals surface area contributed by atoms with Gasteiger partial charge in [0.05, 0.1) is 18.5 Å². The molecule has 28 heavy (non-hydrogen) atoms. The van der Waals surface area contributed by atoms with Gasteiger partial charge in [-0.2, -0.15) is 0 Å². The van der Waals surface area contributed by atoms with Crippen LogP contribution in [-0.4, -0.2) is 30.1 Å². The highest BCUT2D eigenvalue weighted by atomic mass is 16.5. The second-order valence-electron chi connectivity index (χ2n) is 5.70. The zero-order valence-electron chi connectivity index (χ0n) is 17.2. The summed E-state index contributed by atoms with van der Waals surface area (Å²) in [6.07, 6.45) is 4.68. The third-order valence-electron chi connectivity index (χ3n) is 2.34. The summed E-state index contributed by atoms with van der Waals surface area (Å²) in [6, 6.07) is 10.0. The Morgan fingerprint density at radius 1 is 0.857 bits per heavy atom. The molecule has 0 bridgehead atoms. The molecule has 0 aromatic heterocycles. The van der Waals surface area contributed by atoms with Crippen LogP contribution < -0.4 is 0 Å². The molecule has 1 aromatic rings. The van der Waals surface area contributed by atoms with E-state index in [1.54, 1.807) is 27.7 Å². The highest BCUT2D eigenvalue weighted by Gasteiger charge is 2.03. The molecule has 0 saturated heterocycles. The highest BCUT2D eigenvalue weighted by Crippen LogP contribution is 1.97. The molecule has 6 heteroatoms. The van der Waals surface area contributed by atoms with Crippen molar-refractivity contribution in [3.8, 4) is 0 Å². The molecule has 1 aromatic carbocycles. The minimum Gasteiger partial charge on any atom is -0.460 e. The number of hydrogen-bond acceptors (Lipinski definition) is 6.